The zero-order valence-corrected chi connectivity index (χ0v) is 20.0. The number of nitrogens with two attached hydrogens (primary N) is 2. The number of carbonyl (C=O) groups is 2. The van der Waals surface area contributed by atoms with Crippen molar-refractivity contribution in [3.05, 3.63) is 29.8 Å². The first kappa shape index (κ1) is 25.0. The average Bonchev–Trinajstić information content (AvgIpc) is 3.36. The molecule has 2 aliphatic heterocycles. The van der Waals surface area contributed by atoms with E-state index in [-0.39, 0.29) is 17.9 Å². The molecular formula is C25H39N5O3. The smallest absolute Gasteiger partial charge is 0.345 e. The number of ether oxygens (including phenoxy) is 1. The molecule has 1 unspecified atom stereocenters. The molecule has 0 saturated carbocycles. The molecule has 4 N–H and O–H groups in total. The van der Waals surface area contributed by atoms with E-state index < -0.39 is 6.04 Å². The Morgan fingerprint density at radius 2 is 1.70 bits per heavy atom. The highest BCUT2D eigenvalue weighted by Crippen LogP contribution is 2.24. The van der Waals surface area contributed by atoms with Gasteiger partial charge in [0.25, 0.3) is 0 Å². The van der Waals surface area contributed by atoms with Crippen LogP contribution < -0.4 is 16.2 Å². The van der Waals surface area contributed by atoms with E-state index in [0.717, 1.165) is 76.0 Å². The van der Waals surface area contributed by atoms with Crippen LogP contribution in [-0.2, 0) is 4.79 Å². The number of urea groups is 1. The molecule has 8 nitrogen and oxygen atoms in total. The number of amides is 3. The van der Waals surface area contributed by atoms with Gasteiger partial charge in [-0.2, -0.15) is 4.99 Å². The van der Waals surface area contributed by atoms with Crippen LogP contribution in [0.15, 0.2) is 29.3 Å². The highest BCUT2D eigenvalue weighted by Gasteiger charge is 2.25. The van der Waals surface area contributed by atoms with Crippen molar-refractivity contribution >= 4 is 17.8 Å². The molecule has 1 atom stereocenters. The number of nitrogens with zero attached hydrogens (tertiary/aromatic N) is 3. The van der Waals surface area contributed by atoms with E-state index in [1.807, 2.05) is 43.0 Å². The van der Waals surface area contributed by atoms with Crippen molar-refractivity contribution in [1.29, 1.82) is 0 Å². The minimum Gasteiger partial charge on any atom is -0.494 e. The van der Waals surface area contributed by atoms with Crippen molar-refractivity contribution in [1.82, 2.24) is 9.80 Å². The Morgan fingerprint density at radius 1 is 1.06 bits per heavy atom. The van der Waals surface area contributed by atoms with Crippen molar-refractivity contribution in [3.63, 3.8) is 0 Å². The first-order chi connectivity index (χ1) is 15.8. The number of hydrogen-bond acceptors (Lipinski definition) is 4. The van der Waals surface area contributed by atoms with Crippen LogP contribution in [-0.4, -0.2) is 60.4 Å². The van der Waals surface area contributed by atoms with E-state index in [1.54, 1.807) is 4.90 Å². The molecule has 0 aliphatic carbocycles. The van der Waals surface area contributed by atoms with E-state index >= 15 is 0 Å². The number of aliphatic imine (C=N–C) groups is 1. The highest BCUT2D eigenvalue weighted by molar-refractivity contribution is 5.93. The Morgan fingerprint density at radius 3 is 2.30 bits per heavy atom. The molecule has 2 saturated heterocycles. The van der Waals surface area contributed by atoms with Crippen molar-refractivity contribution in [2.45, 2.75) is 58.4 Å². The number of hydrogen-bond donors (Lipinski definition) is 2. The quantitative estimate of drug-likeness (QED) is 0.353. The molecule has 1 aromatic carbocycles. The number of rotatable bonds is 8. The zero-order valence-electron chi connectivity index (χ0n) is 20.0. The van der Waals surface area contributed by atoms with E-state index in [4.69, 9.17) is 16.2 Å². The topological polar surface area (TPSA) is 114 Å². The largest absolute Gasteiger partial charge is 0.494 e. The van der Waals surface area contributed by atoms with Gasteiger partial charge in [0.05, 0.1) is 6.61 Å². The summed E-state index contributed by atoms with van der Waals surface area (Å²) in [6.07, 6.45) is 6.13. The van der Waals surface area contributed by atoms with E-state index in [1.165, 1.54) is 0 Å². The molecule has 0 spiro atoms. The normalized spacial score (nSPS) is 18.6. The minimum atomic E-state index is -0.609. The van der Waals surface area contributed by atoms with Crippen LogP contribution in [0.1, 0.15) is 64.0 Å². The number of piperidine rings is 1. The molecule has 1 aromatic rings. The SMILES string of the molecule is CC(C)C(N)=NC(=O)N1CCC(CCCOc2ccc(C(N)C(=O)N3CCCC3)cc2)CC1. The van der Waals surface area contributed by atoms with Gasteiger partial charge in [0.15, 0.2) is 0 Å². The fourth-order valence-electron chi connectivity index (χ4n) is 4.33. The highest BCUT2D eigenvalue weighted by atomic mass is 16.5. The van der Waals surface area contributed by atoms with Gasteiger partial charge in [-0.1, -0.05) is 26.0 Å². The van der Waals surface area contributed by atoms with Gasteiger partial charge in [-0.3, -0.25) is 4.79 Å². The second-order valence-electron chi connectivity index (χ2n) is 9.47. The molecule has 33 heavy (non-hydrogen) atoms. The van der Waals surface area contributed by atoms with Crippen LogP contribution in [0, 0.1) is 11.8 Å². The second-order valence-corrected chi connectivity index (χ2v) is 9.47. The van der Waals surface area contributed by atoms with E-state index in [2.05, 4.69) is 4.99 Å². The van der Waals surface area contributed by atoms with E-state index in [0.29, 0.717) is 18.4 Å². The van der Waals surface area contributed by atoms with Crippen LogP contribution in [0.25, 0.3) is 0 Å². The third kappa shape index (κ3) is 7.19. The Bertz CT molecular complexity index is 810. The van der Waals surface area contributed by atoms with Gasteiger partial charge in [0, 0.05) is 32.1 Å². The summed E-state index contributed by atoms with van der Waals surface area (Å²) < 4.78 is 5.89. The van der Waals surface area contributed by atoms with Crippen molar-refractivity contribution in [3.8, 4) is 5.75 Å². The van der Waals surface area contributed by atoms with Gasteiger partial charge >= 0.3 is 6.03 Å². The van der Waals surface area contributed by atoms with Gasteiger partial charge in [-0.25, -0.2) is 4.79 Å². The lowest BCUT2D eigenvalue weighted by Gasteiger charge is -2.30. The van der Waals surface area contributed by atoms with Crippen molar-refractivity contribution in [2.24, 2.45) is 28.3 Å². The fraction of sp³-hybridized carbons (Fsp3) is 0.640. The maximum Gasteiger partial charge on any atom is 0.345 e. The van der Waals surface area contributed by atoms with E-state index in [9.17, 15) is 9.59 Å². The summed E-state index contributed by atoms with van der Waals surface area (Å²) in [5.41, 5.74) is 12.8. The summed E-state index contributed by atoms with van der Waals surface area (Å²) in [6, 6.07) is 6.72. The number of amidine groups is 1. The first-order valence-electron chi connectivity index (χ1n) is 12.2. The van der Waals surface area contributed by atoms with Crippen LogP contribution in [0.3, 0.4) is 0 Å². The number of benzene rings is 1. The predicted octanol–water partition coefficient (Wildman–Crippen LogP) is 3.31. The zero-order chi connectivity index (χ0) is 23.8. The summed E-state index contributed by atoms with van der Waals surface area (Å²) in [5, 5.41) is 0. The molecule has 0 bridgehead atoms. The van der Waals surface area contributed by atoms with Crippen LogP contribution in [0.2, 0.25) is 0 Å². The molecule has 0 radical (unpaired) electrons. The third-order valence-electron chi connectivity index (χ3n) is 6.65. The molecule has 3 amide bonds. The lowest BCUT2D eigenvalue weighted by molar-refractivity contribution is -0.131. The van der Waals surface area contributed by atoms with Crippen LogP contribution >= 0.6 is 0 Å². The molecule has 2 aliphatic rings. The molecule has 0 aromatic heterocycles. The lowest BCUT2D eigenvalue weighted by Crippen LogP contribution is -2.38. The van der Waals surface area contributed by atoms with Gasteiger partial charge in [-0.05, 0) is 62.1 Å². The minimum absolute atomic E-state index is 0.00380. The summed E-state index contributed by atoms with van der Waals surface area (Å²) in [7, 11) is 0. The maximum absolute atomic E-state index is 12.5. The standard InChI is InChI=1S/C25H39N5O3/c1-18(2)23(27)28-25(32)30-15-11-19(12-16-30)6-5-17-33-21-9-7-20(8-10-21)22(26)24(31)29-13-3-4-14-29/h7-10,18-19,22H,3-6,11-17,26H2,1-2H3,(H2,27,28,32). The van der Waals surface area contributed by atoms with Crippen molar-refractivity contribution < 1.29 is 14.3 Å². The summed E-state index contributed by atoms with van der Waals surface area (Å²) in [6.45, 7) is 7.59. The predicted molar refractivity (Wildman–Crippen MR) is 130 cm³/mol. The molecule has 182 valence electrons. The van der Waals surface area contributed by atoms with Crippen LogP contribution in [0.4, 0.5) is 4.79 Å². The lowest BCUT2D eigenvalue weighted by atomic mass is 9.92. The number of likely N-dealkylation sites (tertiary alicyclic amines) is 2. The molecule has 8 heteroatoms. The van der Waals surface area contributed by atoms with Gasteiger partial charge in [0.2, 0.25) is 5.91 Å². The van der Waals surface area contributed by atoms with Crippen LogP contribution in [0.5, 0.6) is 5.75 Å². The Balaban J connectivity index is 1.34. The van der Waals surface area contributed by atoms with Crippen molar-refractivity contribution in [2.75, 3.05) is 32.8 Å². The molecule has 3 rings (SSSR count). The van der Waals surface area contributed by atoms with Gasteiger partial charge in [-0.15, -0.1) is 0 Å². The number of carbonyl (C=O) groups excluding carboxylic acids is 2. The third-order valence-corrected chi connectivity index (χ3v) is 6.65. The molecule has 2 heterocycles. The monoisotopic (exact) mass is 457 g/mol. The second kappa shape index (κ2) is 12.0. The van der Waals surface area contributed by atoms with Gasteiger partial charge < -0.3 is 26.0 Å². The summed E-state index contributed by atoms with van der Waals surface area (Å²) in [4.78, 5) is 32.3. The maximum atomic E-state index is 12.5. The summed E-state index contributed by atoms with van der Waals surface area (Å²) in [5.74, 6) is 1.87. The first-order valence-corrected chi connectivity index (χ1v) is 12.2. The molecule has 2 fully saturated rings. The Kier molecular flexibility index (Phi) is 9.11. The molecular weight excluding hydrogens is 418 g/mol. The fourth-order valence-corrected chi connectivity index (χ4v) is 4.33. The average molecular weight is 458 g/mol. The Labute approximate surface area is 197 Å². The van der Waals surface area contributed by atoms with Gasteiger partial charge in [0.1, 0.15) is 17.6 Å². The summed E-state index contributed by atoms with van der Waals surface area (Å²) >= 11 is 0. The Hall–Kier alpha value is -2.61.